The van der Waals surface area contributed by atoms with Gasteiger partial charge < -0.3 is 0 Å². The topological polar surface area (TPSA) is 59.1 Å². The zero-order valence-electron chi connectivity index (χ0n) is 9.38. The van der Waals surface area contributed by atoms with Crippen LogP contribution in [-0.4, -0.2) is 13.4 Å². The summed E-state index contributed by atoms with van der Waals surface area (Å²) in [5, 5.41) is 0. The second-order valence-corrected chi connectivity index (χ2v) is 6.34. The zero-order chi connectivity index (χ0) is 13.0. The Balaban J connectivity index is 2.10. The Morgan fingerprint density at radius 2 is 1.83 bits per heavy atom. The molecule has 0 aliphatic heterocycles. The van der Waals surface area contributed by atoms with Crippen LogP contribution in [0.3, 0.4) is 0 Å². The van der Waals surface area contributed by atoms with Gasteiger partial charge in [0.1, 0.15) is 5.82 Å². The number of halogens is 1. The summed E-state index contributed by atoms with van der Waals surface area (Å²) in [4.78, 5) is 3.92. The van der Waals surface area contributed by atoms with Crippen molar-refractivity contribution in [2.75, 3.05) is 4.72 Å². The molecule has 0 saturated heterocycles. The van der Waals surface area contributed by atoms with Gasteiger partial charge in [-0.2, -0.15) is 0 Å². The number of nitrogens with zero attached hydrogens (tertiary/aromatic N) is 1. The van der Waals surface area contributed by atoms with Crippen molar-refractivity contribution >= 4 is 31.8 Å². The number of nitrogens with one attached hydrogen (secondary N) is 1. The van der Waals surface area contributed by atoms with Crippen molar-refractivity contribution in [3.05, 3.63) is 58.7 Å². The molecular weight excluding hydrogens is 316 g/mol. The molecule has 2 aromatic rings. The lowest BCUT2D eigenvalue weighted by molar-refractivity contribution is 0.600. The van der Waals surface area contributed by atoms with Crippen LogP contribution in [0, 0.1) is 0 Å². The Bertz CT molecular complexity index is 612. The third kappa shape index (κ3) is 3.82. The predicted octanol–water partition coefficient (Wildman–Crippen LogP) is 2.79. The Hall–Kier alpha value is -1.40. The number of hydrogen-bond donors (Lipinski definition) is 1. The van der Waals surface area contributed by atoms with Gasteiger partial charge in [-0.15, -0.1) is 0 Å². The molecule has 1 N–H and O–H groups in total. The maximum atomic E-state index is 11.9. The Kier molecular flexibility index (Phi) is 3.98. The molecule has 0 atom stereocenters. The lowest BCUT2D eigenvalue weighted by Crippen LogP contribution is -2.15. The average molecular weight is 327 g/mol. The van der Waals surface area contributed by atoms with Crippen LogP contribution in [0.2, 0.25) is 0 Å². The van der Waals surface area contributed by atoms with Crippen molar-refractivity contribution in [2.45, 2.75) is 5.75 Å². The van der Waals surface area contributed by atoms with E-state index in [0.29, 0.717) is 5.82 Å². The minimum Gasteiger partial charge on any atom is -0.267 e. The van der Waals surface area contributed by atoms with E-state index in [-0.39, 0.29) is 5.75 Å². The molecule has 0 amide bonds. The van der Waals surface area contributed by atoms with E-state index in [1.165, 1.54) is 6.20 Å². The number of pyridine rings is 1. The summed E-state index contributed by atoms with van der Waals surface area (Å²) in [6.07, 6.45) is 1.54. The van der Waals surface area contributed by atoms with Crippen LogP contribution in [0.5, 0.6) is 0 Å². The molecule has 0 radical (unpaired) electrons. The highest BCUT2D eigenvalue weighted by Gasteiger charge is 2.11. The monoisotopic (exact) mass is 326 g/mol. The van der Waals surface area contributed by atoms with Crippen molar-refractivity contribution in [1.29, 1.82) is 0 Å². The van der Waals surface area contributed by atoms with Crippen LogP contribution < -0.4 is 4.72 Å². The fraction of sp³-hybridized carbons (Fsp3) is 0.0833. The van der Waals surface area contributed by atoms with Gasteiger partial charge in [-0.3, -0.25) is 4.72 Å². The SMILES string of the molecule is O=S(=O)(Cc1ccc(Br)cc1)Nc1ccccn1. The standard InChI is InChI=1S/C12H11BrN2O2S/c13-11-6-4-10(5-7-11)9-18(16,17)15-12-3-1-2-8-14-12/h1-8H,9H2,(H,14,15). The summed E-state index contributed by atoms with van der Waals surface area (Å²) >= 11 is 3.30. The maximum Gasteiger partial charge on any atom is 0.238 e. The Morgan fingerprint density at radius 3 is 2.44 bits per heavy atom. The van der Waals surface area contributed by atoms with E-state index in [1.807, 2.05) is 12.1 Å². The van der Waals surface area contributed by atoms with E-state index in [2.05, 4.69) is 25.6 Å². The van der Waals surface area contributed by atoms with Crippen LogP contribution in [-0.2, 0) is 15.8 Å². The zero-order valence-corrected chi connectivity index (χ0v) is 11.8. The molecule has 0 aliphatic carbocycles. The number of aromatic nitrogens is 1. The summed E-state index contributed by atoms with van der Waals surface area (Å²) in [6, 6.07) is 12.2. The molecule has 0 aliphatic rings. The third-order valence-electron chi connectivity index (χ3n) is 2.19. The molecule has 18 heavy (non-hydrogen) atoms. The first-order valence-corrected chi connectivity index (χ1v) is 7.66. The third-order valence-corrected chi connectivity index (χ3v) is 3.96. The quantitative estimate of drug-likeness (QED) is 0.939. The van der Waals surface area contributed by atoms with Gasteiger partial charge in [0.25, 0.3) is 0 Å². The molecule has 0 saturated carbocycles. The van der Waals surface area contributed by atoms with E-state index in [9.17, 15) is 8.42 Å². The van der Waals surface area contributed by atoms with Gasteiger partial charge in [-0.05, 0) is 29.8 Å². The second-order valence-electron chi connectivity index (χ2n) is 3.70. The molecule has 6 heteroatoms. The van der Waals surface area contributed by atoms with Gasteiger partial charge in [0.2, 0.25) is 10.0 Å². The van der Waals surface area contributed by atoms with E-state index in [0.717, 1.165) is 10.0 Å². The summed E-state index contributed by atoms with van der Waals surface area (Å²) < 4.78 is 27.1. The molecule has 2 rings (SSSR count). The Labute approximate surface area is 114 Å². The fourth-order valence-electron chi connectivity index (χ4n) is 1.42. The van der Waals surface area contributed by atoms with E-state index >= 15 is 0 Å². The smallest absolute Gasteiger partial charge is 0.238 e. The molecule has 0 bridgehead atoms. The van der Waals surface area contributed by atoms with Crippen LogP contribution in [0.25, 0.3) is 0 Å². The van der Waals surface area contributed by atoms with Gasteiger partial charge in [-0.1, -0.05) is 34.1 Å². The first-order valence-electron chi connectivity index (χ1n) is 5.21. The van der Waals surface area contributed by atoms with Gasteiger partial charge in [0.05, 0.1) is 5.75 Å². The number of sulfonamides is 1. The van der Waals surface area contributed by atoms with E-state index in [4.69, 9.17) is 0 Å². The van der Waals surface area contributed by atoms with Crippen molar-refractivity contribution in [2.24, 2.45) is 0 Å². The molecular formula is C12H11BrN2O2S. The van der Waals surface area contributed by atoms with Gasteiger partial charge >= 0.3 is 0 Å². The first kappa shape index (κ1) is 13.0. The van der Waals surface area contributed by atoms with Crippen LogP contribution >= 0.6 is 15.9 Å². The summed E-state index contributed by atoms with van der Waals surface area (Å²) in [5.41, 5.74) is 0.724. The summed E-state index contributed by atoms with van der Waals surface area (Å²) in [5.74, 6) is 0.256. The molecule has 0 spiro atoms. The molecule has 4 nitrogen and oxygen atoms in total. The highest BCUT2D eigenvalue weighted by Crippen LogP contribution is 2.14. The van der Waals surface area contributed by atoms with Crippen LogP contribution in [0.1, 0.15) is 5.56 Å². The van der Waals surface area contributed by atoms with Crippen LogP contribution in [0.4, 0.5) is 5.82 Å². The lowest BCUT2D eigenvalue weighted by Gasteiger charge is -2.07. The first-order chi connectivity index (χ1) is 8.55. The fourth-order valence-corrected chi connectivity index (χ4v) is 2.83. The average Bonchev–Trinajstić information content (AvgIpc) is 2.32. The minimum absolute atomic E-state index is 0.0726. The molecule has 1 heterocycles. The number of anilines is 1. The molecule has 0 fully saturated rings. The number of benzene rings is 1. The minimum atomic E-state index is -3.43. The van der Waals surface area contributed by atoms with Crippen molar-refractivity contribution in [3.8, 4) is 0 Å². The predicted molar refractivity (Wildman–Crippen MR) is 74.6 cm³/mol. The number of rotatable bonds is 4. The van der Waals surface area contributed by atoms with Gasteiger partial charge in [0, 0.05) is 10.7 Å². The largest absolute Gasteiger partial charge is 0.267 e. The lowest BCUT2D eigenvalue weighted by atomic mass is 10.2. The van der Waals surface area contributed by atoms with Crippen molar-refractivity contribution < 1.29 is 8.42 Å². The molecule has 1 aromatic heterocycles. The van der Waals surface area contributed by atoms with Crippen molar-refractivity contribution in [1.82, 2.24) is 4.98 Å². The normalized spacial score (nSPS) is 11.2. The van der Waals surface area contributed by atoms with Gasteiger partial charge in [0.15, 0.2) is 0 Å². The van der Waals surface area contributed by atoms with E-state index in [1.54, 1.807) is 30.3 Å². The molecule has 0 unspecified atom stereocenters. The Morgan fingerprint density at radius 1 is 1.11 bits per heavy atom. The molecule has 94 valence electrons. The highest BCUT2D eigenvalue weighted by molar-refractivity contribution is 9.10. The van der Waals surface area contributed by atoms with Gasteiger partial charge in [-0.25, -0.2) is 13.4 Å². The highest BCUT2D eigenvalue weighted by atomic mass is 79.9. The van der Waals surface area contributed by atoms with E-state index < -0.39 is 10.0 Å². The van der Waals surface area contributed by atoms with Crippen LogP contribution in [0.15, 0.2) is 53.1 Å². The maximum absolute atomic E-state index is 11.9. The van der Waals surface area contributed by atoms with Crippen molar-refractivity contribution in [3.63, 3.8) is 0 Å². The molecule has 1 aromatic carbocycles. The second kappa shape index (κ2) is 5.49. The number of hydrogen-bond acceptors (Lipinski definition) is 3. The summed E-state index contributed by atoms with van der Waals surface area (Å²) in [7, 11) is -3.43. The summed E-state index contributed by atoms with van der Waals surface area (Å²) in [6.45, 7) is 0.